The third-order valence-corrected chi connectivity index (χ3v) is 7.14. The van der Waals surface area contributed by atoms with Gasteiger partial charge >= 0.3 is 0 Å². The van der Waals surface area contributed by atoms with Gasteiger partial charge in [0.25, 0.3) is 5.56 Å². The Balaban J connectivity index is 1.30. The smallest absolute Gasteiger partial charge is 0.266 e. The first-order valence-electron chi connectivity index (χ1n) is 10.1. The van der Waals surface area contributed by atoms with Crippen LogP contribution in [-0.2, 0) is 25.9 Å². The Morgan fingerprint density at radius 2 is 2.00 bits per heavy atom. The summed E-state index contributed by atoms with van der Waals surface area (Å²) < 4.78 is 1.71. The lowest BCUT2D eigenvalue weighted by molar-refractivity contribution is 0.216. The fraction of sp³-hybridized carbons (Fsp3) is 0.650. The number of nitrogens with zero attached hydrogens (tertiary/aromatic N) is 4. The molecule has 1 atom stereocenters. The molecule has 1 saturated heterocycles. The number of hydrogen-bond donors (Lipinski definition) is 0. The quantitative estimate of drug-likeness (QED) is 0.811. The second kappa shape index (κ2) is 6.89. The van der Waals surface area contributed by atoms with Gasteiger partial charge in [-0.05, 0) is 64.0 Å². The molecular weight excluding hydrogens is 344 g/mol. The van der Waals surface area contributed by atoms with E-state index in [4.69, 9.17) is 4.98 Å². The van der Waals surface area contributed by atoms with Crippen LogP contribution in [-0.4, -0.2) is 32.3 Å². The van der Waals surface area contributed by atoms with Crippen LogP contribution < -0.4 is 5.56 Å². The zero-order valence-corrected chi connectivity index (χ0v) is 16.0. The molecule has 2 aromatic heterocycles. The maximum absolute atomic E-state index is 12.3. The van der Waals surface area contributed by atoms with Gasteiger partial charge in [-0.3, -0.25) is 9.69 Å². The Bertz CT molecular complexity index is 830. The minimum Gasteiger partial charge on any atom is -0.292 e. The Labute approximate surface area is 158 Å². The molecule has 6 heteroatoms. The molecule has 2 aliphatic carbocycles. The second-order valence-electron chi connectivity index (χ2n) is 8.00. The fourth-order valence-electron chi connectivity index (χ4n) is 4.35. The van der Waals surface area contributed by atoms with Crippen molar-refractivity contribution in [2.75, 3.05) is 6.54 Å². The number of rotatable bonds is 5. The minimum absolute atomic E-state index is 0.0333. The topological polar surface area (TPSA) is 51.0 Å². The van der Waals surface area contributed by atoms with E-state index in [1.165, 1.54) is 54.1 Å². The summed E-state index contributed by atoms with van der Waals surface area (Å²) in [6.45, 7) is 2.75. The molecular formula is C20H26N4OS. The molecule has 0 amide bonds. The van der Waals surface area contributed by atoms with E-state index in [2.05, 4.69) is 10.00 Å². The fourth-order valence-corrected chi connectivity index (χ4v) is 5.53. The summed E-state index contributed by atoms with van der Waals surface area (Å²) in [5.41, 5.74) is 2.48. The molecule has 0 spiro atoms. The SMILES string of the molecule is O=c1ccc(C2CC2)nn1CC1CCCN1Cc1nc2c(s1)CCCC2. The summed E-state index contributed by atoms with van der Waals surface area (Å²) in [5.74, 6) is 0.586. The zero-order valence-electron chi connectivity index (χ0n) is 15.2. The number of thiazole rings is 1. The third-order valence-electron chi connectivity index (χ3n) is 5.99. The molecule has 2 aromatic rings. The molecule has 138 valence electrons. The van der Waals surface area contributed by atoms with E-state index in [0.29, 0.717) is 18.5 Å². The molecule has 2 fully saturated rings. The van der Waals surface area contributed by atoms with Gasteiger partial charge < -0.3 is 0 Å². The van der Waals surface area contributed by atoms with Gasteiger partial charge in [-0.15, -0.1) is 11.3 Å². The summed E-state index contributed by atoms with van der Waals surface area (Å²) in [5, 5.41) is 5.92. The average Bonchev–Trinajstić information content (AvgIpc) is 3.28. The van der Waals surface area contributed by atoms with Gasteiger partial charge in [-0.25, -0.2) is 9.67 Å². The normalized spacial score (nSPS) is 23.3. The number of aryl methyl sites for hydroxylation is 2. The van der Waals surface area contributed by atoms with Gasteiger partial charge in [0.05, 0.1) is 24.5 Å². The number of likely N-dealkylation sites (tertiary alicyclic amines) is 1. The van der Waals surface area contributed by atoms with E-state index in [9.17, 15) is 4.79 Å². The van der Waals surface area contributed by atoms with Crippen molar-refractivity contribution in [3.63, 3.8) is 0 Å². The average molecular weight is 371 g/mol. The van der Waals surface area contributed by atoms with Crippen LogP contribution in [0.3, 0.4) is 0 Å². The Hall–Kier alpha value is -1.53. The Kier molecular flexibility index (Phi) is 4.41. The van der Waals surface area contributed by atoms with Crippen molar-refractivity contribution < 1.29 is 0 Å². The van der Waals surface area contributed by atoms with E-state index in [1.807, 2.05) is 17.4 Å². The molecule has 0 bridgehead atoms. The molecule has 3 heterocycles. The molecule has 0 N–H and O–H groups in total. The molecule has 1 aliphatic heterocycles. The van der Waals surface area contributed by atoms with Crippen molar-refractivity contribution in [1.82, 2.24) is 19.7 Å². The van der Waals surface area contributed by atoms with Crippen LogP contribution in [0.1, 0.15) is 65.7 Å². The minimum atomic E-state index is 0.0333. The lowest BCUT2D eigenvalue weighted by Gasteiger charge is -2.23. The standard InChI is InChI=1S/C20H26N4OS/c25-20-10-9-16(14-7-8-14)22-24(20)12-15-4-3-11-23(15)13-19-21-17-5-1-2-6-18(17)26-19/h9-10,14-15H,1-8,11-13H2. The molecule has 26 heavy (non-hydrogen) atoms. The molecule has 5 nitrogen and oxygen atoms in total. The van der Waals surface area contributed by atoms with Crippen LogP contribution in [0.25, 0.3) is 0 Å². The van der Waals surface area contributed by atoms with E-state index in [1.54, 1.807) is 10.7 Å². The summed E-state index contributed by atoms with van der Waals surface area (Å²) in [6.07, 6.45) is 9.75. The highest BCUT2D eigenvalue weighted by Crippen LogP contribution is 2.38. The lowest BCUT2D eigenvalue weighted by atomic mass is 10.0. The summed E-state index contributed by atoms with van der Waals surface area (Å²) >= 11 is 1.91. The summed E-state index contributed by atoms with van der Waals surface area (Å²) in [6, 6.07) is 4.02. The Morgan fingerprint density at radius 1 is 1.12 bits per heavy atom. The highest BCUT2D eigenvalue weighted by molar-refractivity contribution is 7.11. The highest BCUT2D eigenvalue weighted by Gasteiger charge is 2.29. The van der Waals surface area contributed by atoms with Crippen molar-refractivity contribution >= 4 is 11.3 Å². The summed E-state index contributed by atoms with van der Waals surface area (Å²) in [7, 11) is 0. The van der Waals surface area contributed by atoms with Gasteiger partial charge in [-0.2, -0.15) is 5.10 Å². The van der Waals surface area contributed by atoms with Crippen LogP contribution >= 0.6 is 11.3 Å². The van der Waals surface area contributed by atoms with Crippen LogP contribution in [0.15, 0.2) is 16.9 Å². The van der Waals surface area contributed by atoms with Crippen molar-refractivity contribution in [2.24, 2.45) is 0 Å². The van der Waals surface area contributed by atoms with E-state index < -0.39 is 0 Å². The highest BCUT2D eigenvalue weighted by atomic mass is 32.1. The Morgan fingerprint density at radius 3 is 2.85 bits per heavy atom. The van der Waals surface area contributed by atoms with Crippen LogP contribution in [0.2, 0.25) is 0 Å². The van der Waals surface area contributed by atoms with Crippen molar-refractivity contribution in [3.8, 4) is 0 Å². The van der Waals surface area contributed by atoms with Gasteiger partial charge in [-0.1, -0.05) is 0 Å². The molecule has 5 rings (SSSR count). The van der Waals surface area contributed by atoms with Crippen LogP contribution in [0.5, 0.6) is 0 Å². The first-order chi connectivity index (χ1) is 12.8. The number of aromatic nitrogens is 3. The monoisotopic (exact) mass is 370 g/mol. The molecule has 1 unspecified atom stereocenters. The largest absolute Gasteiger partial charge is 0.292 e. The van der Waals surface area contributed by atoms with Crippen molar-refractivity contribution in [1.29, 1.82) is 0 Å². The van der Waals surface area contributed by atoms with E-state index >= 15 is 0 Å². The molecule has 3 aliphatic rings. The second-order valence-corrected chi connectivity index (χ2v) is 9.17. The number of fused-ring (bicyclic) bond motifs is 1. The summed E-state index contributed by atoms with van der Waals surface area (Å²) in [4.78, 5) is 21.2. The van der Waals surface area contributed by atoms with E-state index in [0.717, 1.165) is 31.6 Å². The van der Waals surface area contributed by atoms with Crippen molar-refractivity contribution in [2.45, 2.75) is 76.4 Å². The van der Waals surface area contributed by atoms with Crippen molar-refractivity contribution in [3.05, 3.63) is 43.8 Å². The predicted octanol–water partition coefficient (Wildman–Crippen LogP) is 3.12. The van der Waals surface area contributed by atoms with Gasteiger partial charge in [0.1, 0.15) is 5.01 Å². The van der Waals surface area contributed by atoms with Crippen LogP contribution in [0.4, 0.5) is 0 Å². The van der Waals surface area contributed by atoms with Gasteiger partial charge in [0.2, 0.25) is 0 Å². The van der Waals surface area contributed by atoms with Gasteiger partial charge in [0, 0.05) is 22.9 Å². The van der Waals surface area contributed by atoms with Crippen LogP contribution in [0, 0.1) is 0 Å². The van der Waals surface area contributed by atoms with E-state index in [-0.39, 0.29) is 5.56 Å². The molecule has 1 saturated carbocycles. The first-order valence-corrected chi connectivity index (χ1v) is 10.9. The maximum Gasteiger partial charge on any atom is 0.266 e. The lowest BCUT2D eigenvalue weighted by Crippen LogP contribution is -2.36. The van der Waals surface area contributed by atoms with Gasteiger partial charge in [0.15, 0.2) is 0 Å². The zero-order chi connectivity index (χ0) is 17.5. The molecule has 0 radical (unpaired) electrons. The third kappa shape index (κ3) is 3.37. The maximum atomic E-state index is 12.3. The predicted molar refractivity (Wildman–Crippen MR) is 103 cm³/mol. The molecule has 0 aromatic carbocycles. The first kappa shape index (κ1) is 16.6. The number of hydrogen-bond acceptors (Lipinski definition) is 5.